The third kappa shape index (κ3) is 6.52. The number of thiophene rings is 1. The van der Waals surface area contributed by atoms with Crippen molar-refractivity contribution in [2.24, 2.45) is 0 Å². The Hall–Kier alpha value is -3.02. The number of aryl methyl sites for hydroxylation is 1. The minimum absolute atomic E-state index is 0.0502. The predicted molar refractivity (Wildman–Crippen MR) is 127 cm³/mol. The minimum Gasteiger partial charge on any atom is -0.462 e. The van der Waals surface area contributed by atoms with E-state index in [0.29, 0.717) is 25.2 Å². The lowest BCUT2D eigenvalue weighted by Gasteiger charge is -2.33. The second-order valence-electron chi connectivity index (χ2n) is 7.90. The van der Waals surface area contributed by atoms with Crippen LogP contribution in [0.4, 0.5) is 5.00 Å². The molecule has 10 nitrogen and oxygen atoms in total. The number of carbonyl (C=O) groups is 3. The maximum Gasteiger partial charge on any atom is 0.348 e. The first-order valence-electron chi connectivity index (χ1n) is 11.1. The molecule has 1 N–H and O–H groups in total. The van der Waals surface area contributed by atoms with Gasteiger partial charge in [0.05, 0.1) is 31.0 Å². The highest BCUT2D eigenvalue weighted by atomic mass is 32.1. The van der Waals surface area contributed by atoms with Crippen molar-refractivity contribution in [2.45, 2.75) is 27.3 Å². The van der Waals surface area contributed by atoms with Crippen LogP contribution in [0.5, 0.6) is 0 Å². The molecule has 0 atom stereocenters. The Morgan fingerprint density at radius 1 is 1.18 bits per heavy atom. The molecular weight excluding hydrogens is 460 g/mol. The first-order valence-corrected chi connectivity index (χ1v) is 11.9. The molecule has 1 aliphatic rings. The van der Waals surface area contributed by atoms with E-state index in [9.17, 15) is 14.4 Å². The molecular formula is C23H30N4O6S. The average molecular weight is 491 g/mol. The molecule has 184 valence electrons. The SMILES string of the molecule is C=CCOC(=O)c1sc(NC(=O)CN2CCN(Cc3cc(C)no3)CC2)c(C(=O)OCC)c1C. The summed E-state index contributed by atoms with van der Waals surface area (Å²) in [6, 6.07) is 1.92. The second-order valence-corrected chi connectivity index (χ2v) is 8.92. The predicted octanol–water partition coefficient (Wildman–Crippen LogP) is 2.63. The number of esters is 2. The Morgan fingerprint density at radius 2 is 1.88 bits per heavy atom. The largest absolute Gasteiger partial charge is 0.462 e. The van der Waals surface area contributed by atoms with E-state index in [2.05, 4.69) is 22.0 Å². The molecule has 1 aliphatic heterocycles. The van der Waals surface area contributed by atoms with Gasteiger partial charge in [-0.3, -0.25) is 14.6 Å². The van der Waals surface area contributed by atoms with E-state index in [-0.39, 0.29) is 41.1 Å². The van der Waals surface area contributed by atoms with Crippen LogP contribution in [0.15, 0.2) is 23.2 Å². The van der Waals surface area contributed by atoms with E-state index >= 15 is 0 Å². The third-order valence-corrected chi connectivity index (χ3v) is 6.47. The molecule has 0 radical (unpaired) electrons. The van der Waals surface area contributed by atoms with Gasteiger partial charge in [-0.25, -0.2) is 9.59 Å². The molecule has 3 rings (SSSR count). The zero-order valence-electron chi connectivity index (χ0n) is 19.7. The Balaban J connectivity index is 1.61. The highest BCUT2D eigenvalue weighted by Crippen LogP contribution is 2.34. The maximum atomic E-state index is 12.8. The van der Waals surface area contributed by atoms with E-state index in [1.807, 2.05) is 17.9 Å². The van der Waals surface area contributed by atoms with Crippen LogP contribution in [-0.2, 0) is 20.8 Å². The molecule has 11 heteroatoms. The Kier molecular flexibility index (Phi) is 8.97. The van der Waals surface area contributed by atoms with Crippen LogP contribution < -0.4 is 5.32 Å². The van der Waals surface area contributed by atoms with Gasteiger partial charge in [0.25, 0.3) is 0 Å². The summed E-state index contributed by atoms with van der Waals surface area (Å²) in [4.78, 5) is 42.2. The van der Waals surface area contributed by atoms with Crippen molar-refractivity contribution in [2.75, 3.05) is 51.3 Å². The van der Waals surface area contributed by atoms with E-state index in [1.165, 1.54) is 6.08 Å². The first kappa shape index (κ1) is 25.6. The molecule has 1 saturated heterocycles. The summed E-state index contributed by atoms with van der Waals surface area (Å²) >= 11 is 1.01. The lowest BCUT2D eigenvalue weighted by atomic mass is 10.1. The molecule has 0 aromatic carbocycles. The Labute approximate surface area is 202 Å². The van der Waals surface area contributed by atoms with E-state index < -0.39 is 11.9 Å². The number of nitrogens with zero attached hydrogens (tertiary/aromatic N) is 3. The number of ether oxygens (including phenoxy) is 2. The number of hydrogen-bond acceptors (Lipinski definition) is 10. The van der Waals surface area contributed by atoms with Gasteiger partial charge < -0.3 is 19.3 Å². The molecule has 0 spiro atoms. The number of anilines is 1. The van der Waals surface area contributed by atoms with Crippen LogP contribution >= 0.6 is 11.3 Å². The van der Waals surface area contributed by atoms with Gasteiger partial charge in [-0.05, 0) is 26.3 Å². The van der Waals surface area contributed by atoms with Crippen molar-refractivity contribution in [3.05, 3.63) is 46.2 Å². The van der Waals surface area contributed by atoms with Crippen molar-refractivity contribution >= 4 is 34.2 Å². The number of piperazine rings is 1. The molecule has 34 heavy (non-hydrogen) atoms. The number of amides is 1. The number of rotatable bonds is 10. The molecule has 0 saturated carbocycles. The van der Waals surface area contributed by atoms with Crippen LogP contribution in [0.1, 0.15) is 44.0 Å². The summed E-state index contributed by atoms with van der Waals surface area (Å²) in [5.74, 6) is -0.611. The molecule has 0 aliphatic carbocycles. The first-order chi connectivity index (χ1) is 16.3. The van der Waals surface area contributed by atoms with Gasteiger partial charge >= 0.3 is 11.9 Å². The lowest BCUT2D eigenvalue weighted by Crippen LogP contribution is -2.48. The Morgan fingerprint density at radius 3 is 2.50 bits per heavy atom. The van der Waals surface area contributed by atoms with Gasteiger partial charge in [0.1, 0.15) is 16.5 Å². The standard InChI is InChI=1S/C23H30N4O6S/c1-5-11-32-23(30)20-16(4)19(22(29)31-6-2)21(34-20)24-18(28)14-27-9-7-26(8-10-27)13-17-12-15(3)25-33-17/h5,12H,1,6-11,13-14H2,2-4H3,(H,24,28). The number of hydrogen-bond donors (Lipinski definition) is 1. The van der Waals surface area contributed by atoms with Gasteiger partial charge in [0.2, 0.25) is 5.91 Å². The summed E-state index contributed by atoms with van der Waals surface area (Å²) in [6.07, 6.45) is 1.46. The maximum absolute atomic E-state index is 12.8. The number of carbonyl (C=O) groups excluding carboxylic acids is 3. The van der Waals surface area contributed by atoms with Gasteiger partial charge in [0, 0.05) is 32.2 Å². The van der Waals surface area contributed by atoms with E-state index in [1.54, 1.807) is 13.8 Å². The smallest absolute Gasteiger partial charge is 0.348 e. The fourth-order valence-electron chi connectivity index (χ4n) is 3.63. The molecule has 1 fully saturated rings. The monoisotopic (exact) mass is 490 g/mol. The van der Waals surface area contributed by atoms with Gasteiger partial charge in [-0.2, -0.15) is 0 Å². The quantitative estimate of drug-likeness (QED) is 0.396. The van der Waals surface area contributed by atoms with Gasteiger partial charge in [-0.15, -0.1) is 11.3 Å². The average Bonchev–Trinajstić information content (AvgIpc) is 3.35. The topological polar surface area (TPSA) is 114 Å². The molecule has 0 unspecified atom stereocenters. The molecule has 1 amide bonds. The molecule has 3 heterocycles. The number of nitrogens with one attached hydrogen (secondary N) is 1. The van der Waals surface area contributed by atoms with Crippen molar-refractivity contribution in [3.8, 4) is 0 Å². The zero-order chi connectivity index (χ0) is 24.7. The highest BCUT2D eigenvalue weighted by Gasteiger charge is 2.28. The van der Waals surface area contributed by atoms with Crippen molar-refractivity contribution in [3.63, 3.8) is 0 Å². The molecule has 0 bridgehead atoms. The van der Waals surface area contributed by atoms with Crippen molar-refractivity contribution in [1.82, 2.24) is 15.0 Å². The fourth-order valence-corrected chi connectivity index (χ4v) is 4.74. The lowest BCUT2D eigenvalue weighted by molar-refractivity contribution is -0.117. The van der Waals surface area contributed by atoms with Crippen LogP contribution in [0.25, 0.3) is 0 Å². The van der Waals surface area contributed by atoms with Crippen LogP contribution in [0, 0.1) is 13.8 Å². The summed E-state index contributed by atoms with van der Waals surface area (Å²) in [7, 11) is 0. The molecule has 2 aromatic heterocycles. The van der Waals surface area contributed by atoms with Crippen molar-refractivity contribution < 1.29 is 28.4 Å². The summed E-state index contributed by atoms with van der Waals surface area (Å²) in [6.45, 7) is 12.8. The van der Waals surface area contributed by atoms with E-state index in [4.69, 9.17) is 14.0 Å². The zero-order valence-corrected chi connectivity index (χ0v) is 20.5. The summed E-state index contributed by atoms with van der Waals surface area (Å²) in [5.41, 5.74) is 1.45. The highest BCUT2D eigenvalue weighted by molar-refractivity contribution is 7.18. The third-order valence-electron chi connectivity index (χ3n) is 5.29. The fraction of sp³-hybridized carbons (Fsp3) is 0.478. The minimum atomic E-state index is -0.592. The molecule has 2 aromatic rings. The van der Waals surface area contributed by atoms with Crippen LogP contribution in [0.3, 0.4) is 0 Å². The summed E-state index contributed by atoms with van der Waals surface area (Å²) in [5, 5.41) is 6.99. The van der Waals surface area contributed by atoms with Crippen LogP contribution in [-0.4, -0.2) is 78.7 Å². The van der Waals surface area contributed by atoms with Crippen LogP contribution in [0.2, 0.25) is 0 Å². The summed E-state index contributed by atoms with van der Waals surface area (Å²) < 4.78 is 15.5. The number of aromatic nitrogens is 1. The van der Waals surface area contributed by atoms with Gasteiger partial charge in [0.15, 0.2) is 5.76 Å². The Bertz CT molecular complexity index is 1040. The van der Waals surface area contributed by atoms with E-state index in [0.717, 1.165) is 35.9 Å². The second kappa shape index (κ2) is 11.9. The van der Waals surface area contributed by atoms with Crippen molar-refractivity contribution in [1.29, 1.82) is 0 Å². The van der Waals surface area contributed by atoms with Gasteiger partial charge in [-0.1, -0.05) is 17.8 Å². The normalized spacial score (nSPS) is 14.6.